The molecule has 1 aliphatic heterocycles. The molecule has 50 heavy (non-hydrogen) atoms. The van der Waals surface area contributed by atoms with Crippen molar-refractivity contribution in [2.75, 3.05) is 6.54 Å². The van der Waals surface area contributed by atoms with Gasteiger partial charge in [0.15, 0.2) is 5.78 Å². The van der Waals surface area contributed by atoms with Crippen LogP contribution in [0.2, 0.25) is 0 Å². The average Bonchev–Trinajstić information content (AvgIpc) is 3.56. The van der Waals surface area contributed by atoms with E-state index in [1.54, 1.807) is 11.0 Å². The second-order valence-electron chi connectivity index (χ2n) is 14.7. The average molecular weight is 682 g/mol. The Morgan fingerprint density at radius 3 is 2.58 bits per heavy atom. The lowest BCUT2D eigenvalue weighted by molar-refractivity contribution is -0.137. The lowest BCUT2D eigenvalue weighted by Crippen LogP contribution is -2.48. The fourth-order valence-corrected chi connectivity index (χ4v) is 8.73. The standard InChI is InChI=1S/C42H42F3NO4/c1-27-8-7-20-40(2)37(19-21-41(40)26-46(39(49)50-41)25-31-12-5-10-29-9-3-4-14-34(29)31)35-18-16-28(22-33(47)17-15-27)23-36(35)38(48)30-11-6-13-32(24-30)42(43,44)45/h3-6,8-14,16,18,23-24,33,37,47H,7,15,17,19-22,25-26H2,1-2H3. The first-order valence-electron chi connectivity index (χ1n) is 17.5. The van der Waals surface area contributed by atoms with E-state index in [2.05, 4.69) is 38.1 Å². The van der Waals surface area contributed by atoms with Crippen LogP contribution in [0, 0.1) is 5.41 Å². The predicted molar refractivity (Wildman–Crippen MR) is 187 cm³/mol. The minimum atomic E-state index is -4.59. The van der Waals surface area contributed by atoms with Crippen LogP contribution in [0.1, 0.15) is 96.5 Å². The van der Waals surface area contributed by atoms with Crippen LogP contribution < -0.4 is 0 Å². The maximum absolute atomic E-state index is 14.3. The van der Waals surface area contributed by atoms with Gasteiger partial charge in [0, 0.05) is 23.1 Å². The molecule has 4 aromatic rings. The van der Waals surface area contributed by atoms with E-state index < -0.39 is 34.6 Å². The van der Waals surface area contributed by atoms with E-state index in [4.69, 9.17) is 4.74 Å². The SMILES string of the molecule is CC1=CCCC2(C)C(CCC23CN(Cc2cccc4ccccc24)C(=O)O3)c2ccc(cc2C(=O)c2cccc(C(F)(F)F)c2)CC(O)CC1. The summed E-state index contributed by atoms with van der Waals surface area (Å²) in [5.41, 5.74) is 1.70. The molecule has 1 N–H and O–H groups in total. The number of fused-ring (bicyclic) bond motifs is 9. The Morgan fingerprint density at radius 1 is 0.980 bits per heavy atom. The zero-order chi connectivity index (χ0) is 35.3. The molecule has 3 aliphatic carbocycles. The summed E-state index contributed by atoms with van der Waals surface area (Å²) in [4.78, 5) is 29.8. The maximum atomic E-state index is 14.3. The van der Waals surface area contributed by atoms with E-state index in [9.17, 15) is 27.9 Å². The van der Waals surface area contributed by atoms with Crippen molar-refractivity contribution < 1.29 is 32.6 Å². The van der Waals surface area contributed by atoms with Gasteiger partial charge in [-0.3, -0.25) is 9.69 Å². The molecule has 0 radical (unpaired) electrons. The number of allylic oxidation sites excluding steroid dienone is 2. The number of ketones is 1. The highest BCUT2D eigenvalue weighted by Crippen LogP contribution is 2.62. The molecule has 260 valence electrons. The van der Waals surface area contributed by atoms with Gasteiger partial charge in [0.1, 0.15) is 5.60 Å². The van der Waals surface area contributed by atoms with E-state index in [0.29, 0.717) is 63.6 Å². The molecule has 0 aromatic heterocycles. The number of hydrogen-bond donors (Lipinski definition) is 1. The minimum absolute atomic E-state index is 0.0404. The van der Waals surface area contributed by atoms with Gasteiger partial charge in [0.2, 0.25) is 0 Å². The highest BCUT2D eigenvalue weighted by atomic mass is 19.4. The Labute approximate surface area is 290 Å². The van der Waals surface area contributed by atoms with Gasteiger partial charge < -0.3 is 9.84 Å². The van der Waals surface area contributed by atoms with Crippen molar-refractivity contribution in [3.05, 3.63) is 130 Å². The van der Waals surface area contributed by atoms with Gasteiger partial charge in [0.25, 0.3) is 0 Å². The van der Waals surface area contributed by atoms with Gasteiger partial charge in [-0.2, -0.15) is 13.2 Å². The zero-order valence-corrected chi connectivity index (χ0v) is 28.4. The maximum Gasteiger partial charge on any atom is 0.416 e. The second kappa shape index (κ2) is 13.0. The molecule has 1 saturated carbocycles. The van der Waals surface area contributed by atoms with E-state index >= 15 is 0 Å². The summed E-state index contributed by atoms with van der Waals surface area (Å²) in [6.07, 6.45) is 0.816. The molecule has 1 amide bonds. The van der Waals surface area contributed by atoms with Crippen molar-refractivity contribution in [2.24, 2.45) is 5.41 Å². The fourth-order valence-electron chi connectivity index (χ4n) is 8.73. The summed E-state index contributed by atoms with van der Waals surface area (Å²) in [5, 5.41) is 13.1. The fraction of sp³-hybridized carbons (Fsp3) is 0.381. The van der Waals surface area contributed by atoms with Crippen LogP contribution in [0.3, 0.4) is 0 Å². The molecule has 4 unspecified atom stereocenters. The summed E-state index contributed by atoms with van der Waals surface area (Å²) >= 11 is 0. The Morgan fingerprint density at radius 2 is 1.76 bits per heavy atom. The van der Waals surface area contributed by atoms with Crippen LogP contribution in [-0.4, -0.2) is 40.1 Å². The minimum Gasteiger partial charge on any atom is -0.440 e. The Balaban J connectivity index is 1.30. The zero-order valence-electron chi connectivity index (χ0n) is 28.4. The van der Waals surface area contributed by atoms with Gasteiger partial charge >= 0.3 is 12.3 Å². The molecule has 1 heterocycles. The van der Waals surface area contributed by atoms with Crippen molar-refractivity contribution in [2.45, 2.75) is 89.1 Å². The lowest BCUT2D eigenvalue weighted by Gasteiger charge is -2.43. The highest BCUT2D eigenvalue weighted by molar-refractivity contribution is 6.10. The van der Waals surface area contributed by atoms with Crippen LogP contribution in [0.15, 0.2) is 96.6 Å². The molecule has 4 atom stereocenters. The van der Waals surface area contributed by atoms with Crippen molar-refractivity contribution in [1.29, 1.82) is 0 Å². The molecule has 4 aromatic carbocycles. The molecule has 8 rings (SSSR count). The summed E-state index contributed by atoms with van der Waals surface area (Å²) in [7, 11) is 0. The Hall–Kier alpha value is -4.43. The van der Waals surface area contributed by atoms with Crippen LogP contribution in [-0.2, 0) is 23.9 Å². The first-order valence-corrected chi connectivity index (χ1v) is 17.5. The van der Waals surface area contributed by atoms with Crippen molar-refractivity contribution in [3.63, 3.8) is 0 Å². The summed E-state index contributed by atoms with van der Waals surface area (Å²) in [5.74, 6) is -0.706. The van der Waals surface area contributed by atoms with Crippen molar-refractivity contribution in [1.82, 2.24) is 4.90 Å². The number of halogens is 3. The number of benzene rings is 4. The second-order valence-corrected chi connectivity index (χ2v) is 14.7. The number of rotatable bonds is 4. The van der Waals surface area contributed by atoms with Gasteiger partial charge in [-0.05, 0) is 103 Å². The molecule has 1 spiro atoms. The van der Waals surface area contributed by atoms with Crippen LogP contribution in [0.25, 0.3) is 10.8 Å². The number of alkyl halides is 3. The first-order chi connectivity index (χ1) is 23.9. The molecular weight excluding hydrogens is 639 g/mol. The number of ether oxygens (including phenoxy) is 1. The molecular formula is C42H42F3NO4. The van der Waals surface area contributed by atoms with Crippen LogP contribution >= 0.6 is 0 Å². The Kier molecular flexibility index (Phi) is 8.87. The third kappa shape index (κ3) is 6.23. The normalized spacial score (nSPS) is 25.8. The van der Waals surface area contributed by atoms with Crippen LogP contribution in [0.5, 0.6) is 0 Å². The molecule has 2 bridgehead atoms. The number of aliphatic hydroxyl groups excluding tert-OH is 1. The first kappa shape index (κ1) is 34.0. The third-order valence-electron chi connectivity index (χ3n) is 11.6. The number of aliphatic hydroxyl groups is 1. The van der Waals surface area contributed by atoms with E-state index in [1.165, 1.54) is 17.7 Å². The number of amides is 1. The topological polar surface area (TPSA) is 66.8 Å². The van der Waals surface area contributed by atoms with Crippen LogP contribution in [0.4, 0.5) is 18.0 Å². The van der Waals surface area contributed by atoms with E-state index in [1.807, 2.05) is 36.4 Å². The quantitative estimate of drug-likeness (QED) is 0.172. The molecule has 8 heteroatoms. The van der Waals surface area contributed by atoms with Gasteiger partial charge in [-0.25, -0.2) is 4.79 Å². The van der Waals surface area contributed by atoms with E-state index in [0.717, 1.165) is 39.6 Å². The Bertz CT molecular complexity index is 1980. The largest absolute Gasteiger partial charge is 0.440 e. The van der Waals surface area contributed by atoms with Crippen molar-refractivity contribution in [3.8, 4) is 0 Å². The van der Waals surface area contributed by atoms with Gasteiger partial charge in [-0.1, -0.05) is 85.3 Å². The number of nitrogens with zero attached hydrogens (tertiary/aromatic N) is 1. The molecule has 5 nitrogen and oxygen atoms in total. The van der Waals surface area contributed by atoms with Gasteiger partial charge in [0.05, 0.1) is 18.2 Å². The molecule has 1 saturated heterocycles. The predicted octanol–water partition coefficient (Wildman–Crippen LogP) is 9.79. The molecule has 2 fully saturated rings. The number of carbonyl (C=O) groups excluding carboxylic acids is 2. The number of carbonyl (C=O) groups is 2. The smallest absolute Gasteiger partial charge is 0.416 e. The lowest BCUT2D eigenvalue weighted by atomic mass is 9.64. The third-order valence-corrected chi connectivity index (χ3v) is 11.6. The number of hydrogen-bond acceptors (Lipinski definition) is 4. The summed E-state index contributed by atoms with van der Waals surface area (Å²) in [6.45, 7) is 5.03. The monoisotopic (exact) mass is 681 g/mol. The van der Waals surface area contributed by atoms with E-state index in [-0.39, 0.29) is 17.6 Å². The van der Waals surface area contributed by atoms with Gasteiger partial charge in [-0.15, -0.1) is 0 Å². The highest BCUT2D eigenvalue weighted by Gasteiger charge is 2.64. The molecule has 4 aliphatic rings. The van der Waals surface area contributed by atoms with Crippen molar-refractivity contribution >= 4 is 22.6 Å². The summed E-state index contributed by atoms with van der Waals surface area (Å²) in [6, 6.07) is 24.4. The summed E-state index contributed by atoms with van der Waals surface area (Å²) < 4.78 is 47.6.